The van der Waals surface area contributed by atoms with Crippen molar-refractivity contribution in [1.82, 2.24) is 15.0 Å². The third-order valence-corrected chi connectivity index (χ3v) is 1.60. The number of para-hydroxylation sites is 1. The molecule has 2 aromatic rings. The molecule has 4 heteroatoms. The summed E-state index contributed by atoms with van der Waals surface area (Å²) in [4.78, 5) is 11.3. The molecule has 0 amide bonds. The Morgan fingerprint density at radius 2 is 2.08 bits per heavy atom. The van der Waals surface area contributed by atoms with E-state index >= 15 is 0 Å². The van der Waals surface area contributed by atoms with Gasteiger partial charge in [-0.2, -0.15) is 0 Å². The van der Waals surface area contributed by atoms with E-state index in [-0.39, 0.29) is 5.75 Å². The number of hydrogen-bond acceptors (Lipinski definition) is 4. The van der Waals surface area contributed by atoms with Crippen molar-refractivity contribution < 1.29 is 5.11 Å². The highest BCUT2D eigenvalue weighted by molar-refractivity contribution is 5.62. The zero-order valence-corrected chi connectivity index (χ0v) is 6.68. The molecule has 0 aliphatic rings. The Bertz CT molecular complexity index is 403. The minimum atomic E-state index is 0.155. The van der Waals surface area contributed by atoms with Crippen LogP contribution < -0.4 is 0 Å². The van der Waals surface area contributed by atoms with Crippen molar-refractivity contribution in [3.05, 3.63) is 36.9 Å². The van der Waals surface area contributed by atoms with E-state index in [1.54, 1.807) is 24.3 Å². The summed E-state index contributed by atoms with van der Waals surface area (Å²) in [7, 11) is 0. The number of hydrogen-bond donors (Lipinski definition) is 1. The van der Waals surface area contributed by atoms with E-state index in [2.05, 4.69) is 21.3 Å². The van der Waals surface area contributed by atoms with Gasteiger partial charge in [-0.15, -0.1) is 0 Å². The van der Waals surface area contributed by atoms with Gasteiger partial charge in [0.1, 0.15) is 12.1 Å². The molecule has 0 saturated carbocycles. The number of phenolic OH excluding ortho intramolecular Hbond substituents is 1. The lowest BCUT2D eigenvalue weighted by atomic mass is 10.2. The fraction of sp³-hybridized carbons (Fsp3) is 0. The Kier molecular flexibility index (Phi) is 1.88. The van der Waals surface area contributed by atoms with Gasteiger partial charge in [-0.3, -0.25) is 0 Å². The maximum atomic E-state index is 9.45. The number of aromatic hydroxyl groups is 1. The van der Waals surface area contributed by atoms with Gasteiger partial charge in [0, 0.05) is 0 Å². The summed E-state index contributed by atoms with van der Waals surface area (Å²) >= 11 is 0. The molecule has 0 bridgehead atoms. The van der Waals surface area contributed by atoms with Crippen LogP contribution in [0.15, 0.2) is 30.6 Å². The predicted octanol–water partition coefficient (Wildman–Crippen LogP) is 1.04. The van der Waals surface area contributed by atoms with Crippen molar-refractivity contribution >= 4 is 0 Å². The summed E-state index contributed by atoms with van der Waals surface area (Å²) in [5.74, 6) is 0.579. The van der Waals surface area contributed by atoms with Crippen molar-refractivity contribution in [2.24, 2.45) is 0 Å². The van der Waals surface area contributed by atoms with Crippen molar-refractivity contribution in [2.45, 2.75) is 0 Å². The summed E-state index contributed by atoms with van der Waals surface area (Å²) in [5.41, 5.74) is 0.584. The highest BCUT2D eigenvalue weighted by Crippen LogP contribution is 2.24. The van der Waals surface area contributed by atoms with Crippen LogP contribution in [0.3, 0.4) is 0 Å². The van der Waals surface area contributed by atoms with Crippen LogP contribution in [0.1, 0.15) is 0 Å². The second-order valence-electron chi connectivity index (χ2n) is 2.43. The summed E-state index contributed by atoms with van der Waals surface area (Å²) in [6, 6.07) is 6.86. The number of phenols is 1. The second-order valence-corrected chi connectivity index (χ2v) is 2.43. The van der Waals surface area contributed by atoms with Gasteiger partial charge in [0.2, 0.25) is 6.33 Å². The summed E-state index contributed by atoms with van der Waals surface area (Å²) in [5, 5.41) is 9.45. The minimum Gasteiger partial charge on any atom is -0.507 e. The highest BCUT2D eigenvalue weighted by Gasteiger charge is 2.04. The predicted molar refractivity (Wildman–Crippen MR) is 45.8 cm³/mol. The Morgan fingerprint density at radius 3 is 2.77 bits per heavy atom. The molecule has 0 aliphatic heterocycles. The van der Waals surface area contributed by atoms with Crippen molar-refractivity contribution in [3.8, 4) is 17.1 Å². The monoisotopic (exact) mass is 172 g/mol. The SMILES string of the molecule is Oc1ccccc1-c1n[c]ncn1. The molecule has 2 rings (SSSR count). The Morgan fingerprint density at radius 1 is 1.23 bits per heavy atom. The summed E-state index contributed by atoms with van der Waals surface area (Å²) in [6.07, 6.45) is 3.76. The Balaban J connectivity index is 2.54. The fourth-order valence-corrected chi connectivity index (χ4v) is 1.01. The Labute approximate surface area is 74.9 Å². The van der Waals surface area contributed by atoms with E-state index in [0.717, 1.165) is 0 Å². The van der Waals surface area contributed by atoms with Crippen molar-refractivity contribution in [1.29, 1.82) is 0 Å². The number of aromatic nitrogens is 3. The van der Waals surface area contributed by atoms with Crippen molar-refractivity contribution in [3.63, 3.8) is 0 Å². The molecule has 1 aromatic heterocycles. The molecule has 13 heavy (non-hydrogen) atoms. The first-order valence-electron chi connectivity index (χ1n) is 3.71. The molecular weight excluding hydrogens is 166 g/mol. The van der Waals surface area contributed by atoms with E-state index in [9.17, 15) is 5.11 Å². The van der Waals surface area contributed by atoms with Crippen LogP contribution in [-0.4, -0.2) is 20.1 Å². The largest absolute Gasteiger partial charge is 0.507 e. The van der Waals surface area contributed by atoms with E-state index in [1.807, 2.05) is 0 Å². The normalized spacial score (nSPS) is 9.85. The van der Waals surface area contributed by atoms with Crippen LogP contribution in [0.25, 0.3) is 11.4 Å². The number of benzene rings is 1. The first-order valence-corrected chi connectivity index (χ1v) is 3.71. The molecule has 63 valence electrons. The van der Waals surface area contributed by atoms with Gasteiger partial charge in [0.15, 0.2) is 5.82 Å². The van der Waals surface area contributed by atoms with E-state index in [1.165, 1.54) is 6.33 Å². The molecule has 1 aromatic carbocycles. The smallest absolute Gasteiger partial charge is 0.201 e. The Hall–Kier alpha value is -1.97. The second kappa shape index (κ2) is 3.18. The zero-order valence-electron chi connectivity index (χ0n) is 6.68. The lowest BCUT2D eigenvalue weighted by Crippen LogP contribution is -1.89. The molecule has 0 atom stereocenters. The lowest BCUT2D eigenvalue weighted by molar-refractivity contribution is 0.477. The fourth-order valence-electron chi connectivity index (χ4n) is 1.01. The van der Waals surface area contributed by atoms with Gasteiger partial charge in [0.05, 0.1) is 5.56 Å². The first kappa shape index (κ1) is 7.67. The van der Waals surface area contributed by atoms with Gasteiger partial charge in [-0.25, -0.2) is 15.0 Å². The molecule has 0 saturated heterocycles. The number of rotatable bonds is 1. The standard InChI is InChI=1S/C9H6N3O/c13-8-4-2-1-3-7(8)9-11-5-10-6-12-9/h1-5,13H. The zero-order chi connectivity index (χ0) is 9.10. The lowest BCUT2D eigenvalue weighted by Gasteiger charge is -1.99. The number of nitrogens with zero attached hydrogens (tertiary/aromatic N) is 3. The molecule has 1 N–H and O–H groups in total. The van der Waals surface area contributed by atoms with Crippen LogP contribution >= 0.6 is 0 Å². The van der Waals surface area contributed by atoms with Crippen LogP contribution in [-0.2, 0) is 0 Å². The van der Waals surface area contributed by atoms with Crippen LogP contribution in [0.2, 0.25) is 0 Å². The van der Waals surface area contributed by atoms with Crippen LogP contribution in [0, 0.1) is 6.33 Å². The van der Waals surface area contributed by atoms with Gasteiger partial charge < -0.3 is 5.11 Å². The third-order valence-electron chi connectivity index (χ3n) is 1.60. The summed E-state index contributed by atoms with van der Waals surface area (Å²) in [6.45, 7) is 0. The van der Waals surface area contributed by atoms with Gasteiger partial charge in [-0.05, 0) is 12.1 Å². The maximum absolute atomic E-state index is 9.45. The molecule has 0 unspecified atom stereocenters. The highest BCUT2D eigenvalue weighted by atomic mass is 16.3. The average Bonchev–Trinajstić information content (AvgIpc) is 2.20. The first-order chi connectivity index (χ1) is 6.38. The van der Waals surface area contributed by atoms with Crippen molar-refractivity contribution in [2.75, 3.05) is 0 Å². The van der Waals surface area contributed by atoms with Gasteiger partial charge >= 0.3 is 0 Å². The van der Waals surface area contributed by atoms with E-state index < -0.39 is 0 Å². The molecule has 4 nitrogen and oxygen atoms in total. The molecule has 0 fully saturated rings. The molecular formula is C9H6N3O. The molecule has 1 heterocycles. The van der Waals surface area contributed by atoms with E-state index in [0.29, 0.717) is 11.4 Å². The topological polar surface area (TPSA) is 58.9 Å². The van der Waals surface area contributed by atoms with Crippen LogP contribution in [0.5, 0.6) is 5.75 Å². The van der Waals surface area contributed by atoms with E-state index in [4.69, 9.17) is 0 Å². The van der Waals surface area contributed by atoms with Gasteiger partial charge in [-0.1, -0.05) is 12.1 Å². The third kappa shape index (κ3) is 1.46. The van der Waals surface area contributed by atoms with Crippen LogP contribution in [0.4, 0.5) is 0 Å². The molecule has 0 spiro atoms. The molecule has 0 aliphatic carbocycles. The quantitative estimate of drug-likeness (QED) is 0.698. The molecule has 1 radical (unpaired) electrons. The maximum Gasteiger partial charge on any atom is 0.201 e. The minimum absolute atomic E-state index is 0.155. The van der Waals surface area contributed by atoms with Gasteiger partial charge in [0.25, 0.3) is 0 Å². The average molecular weight is 172 g/mol. The summed E-state index contributed by atoms with van der Waals surface area (Å²) < 4.78 is 0.